The van der Waals surface area contributed by atoms with Gasteiger partial charge in [-0.3, -0.25) is 14.9 Å². The molecule has 2 aromatic rings. The van der Waals surface area contributed by atoms with Crippen LogP contribution in [0, 0.1) is 0 Å². The van der Waals surface area contributed by atoms with Gasteiger partial charge in [-0.1, -0.05) is 0 Å². The first-order valence-corrected chi connectivity index (χ1v) is 9.19. The normalized spacial score (nSPS) is 15.1. The van der Waals surface area contributed by atoms with Crippen LogP contribution in [0.25, 0.3) is 6.08 Å². The first kappa shape index (κ1) is 21.1. The van der Waals surface area contributed by atoms with Gasteiger partial charge in [0.05, 0.1) is 34.1 Å². The van der Waals surface area contributed by atoms with E-state index in [0.29, 0.717) is 34.2 Å². The lowest BCUT2D eigenvalue weighted by Gasteiger charge is -2.30. The van der Waals surface area contributed by atoms with Crippen molar-refractivity contribution in [2.24, 2.45) is 0 Å². The Morgan fingerprint density at radius 3 is 2.13 bits per heavy atom. The molecule has 0 atom stereocenters. The molecule has 8 nitrogen and oxygen atoms in total. The lowest BCUT2D eigenvalue weighted by molar-refractivity contribution is -0.122. The van der Waals surface area contributed by atoms with Crippen LogP contribution in [-0.2, 0) is 9.59 Å². The Morgan fingerprint density at radius 1 is 0.867 bits per heavy atom. The second kappa shape index (κ2) is 8.83. The highest BCUT2D eigenvalue weighted by atomic mass is 32.1. The van der Waals surface area contributed by atoms with Crippen molar-refractivity contribution in [1.82, 2.24) is 5.32 Å². The molecule has 1 N–H and O–H groups in total. The third-order valence-corrected chi connectivity index (χ3v) is 4.75. The fraction of sp³-hybridized carbons (Fsp3) is 0.190. The van der Waals surface area contributed by atoms with Crippen LogP contribution in [0.3, 0.4) is 0 Å². The molecule has 1 heterocycles. The van der Waals surface area contributed by atoms with Gasteiger partial charge < -0.3 is 18.9 Å². The number of methoxy groups -OCH3 is 4. The highest BCUT2D eigenvalue weighted by Crippen LogP contribution is 2.35. The minimum Gasteiger partial charge on any atom is -0.497 e. The number of nitrogens with zero attached hydrogens (tertiary/aromatic N) is 1. The molecule has 1 aliphatic heterocycles. The topological polar surface area (TPSA) is 86.3 Å². The van der Waals surface area contributed by atoms with Crippen LogP contribution in [0.2, 0.25) is 0 Å². The Kier molecular flexibility index (Phi) is 6.22. The summed E-state index contributed by atoms with van der Waals surface area (Å²) in [7, 11) is 6.00. The van der Waals surface area contributed by atoms with Crippen LogP contribution < -0.4 is 29.2 Å². The Labute approximate surface area is 179 Å². The molecule has 0 aromatic heterocycles. The molecule has 0 saturated carbocycles. The molecule has 156 valence electrons. The van der Waals surface area contributed by atoms with Gasteiger partial charge in [-0.05, 0) is 48.6 Å². The largest absolute Gasteiger partial charge is 0.497 e. The van der Waals surface area contributed by atoms with Crippen molar-refractivity contribution in [2.75, 3.05) is 33.3 Å². The Balaban J connectivity index is 2.09. The second-order valence-electron chi connectivity index (χ2n) is 6.10. The van der Waals surface area contributed by atoms with Crippen LogP contribution in [0.1, 0.15) is 5.56 Å². The zero-order valence-corrected chi connectivity index (χ0v) is 17.7. The fourth-order valence-corrected chi connectivity index (χ4v) is 3.23. The molecular formula is C21H20N2O6S. The van der Waals surface area contributed by atoms with Gasteiger partial charge in [-0.2, -0.15) is 0 Å². The summed E-state index contributed by atoms with van der Waals surface area (Å²) in [5, 5.41) is 2.49. The number of anilines is 1. The van der Waals surface area contributed by atoms with Crippen molar-refractivity contribution >= 4 is 40.9 Å². The first-order valence-electron chi connectivity index (χ1n) is 8.79. The van der Waals surface area contributed by atoms with Gasteiger partial charge >= 0.3 is 0 Å². The molecule has 1 saturated heterocycles. The number of rotatable bonds is 6. The summed E-state index contributed by atoms with van der Waals surface area (Å²) in [4.78, 5) is 27.0. The molecule has 1 aliphatic rings. The maximum absolute atomic E-state index is 13.3. The monoisotopic (exact) mass is 428 g/mol. The zero-order chi connectivity index (χ0) is 21.8. The average molecular weight is 428 g/mol. The number of benzene rings is 2. The maximum Gasteiger partial charge on any atom is 0.270 e. The van der Waals surface area contributed by atoms with E-state index in [-0.39, 0.29) is 10.7 Å². The summed E-state index contributed by atoms with van der Waals surface area (Å²) >= 11 is 5.25. The fourth-order valence-electron chi connectivity index (χ4n) is 2.95. The average Bonchev–Trinajstić information content (AvgIpc) is 2.76. The van der Waals surface area contributed by atoms with Gasteiger partial charge in [0.1, 0.15) is 28.6 Å². The first-order chi connectivity index (χ1) is 14.4. The summed E-state index contributed by atoms with van der Waals surface area (Å²) < 4.78 is 21.1. The van der Waals surface area contributed by atoms with E-state index in [9.17, 15) is 9.59 Å². The van der Waals surface area contributed by atoms with Gasteiger partial charge in [0.25, 0.3) is 11.8 Å². The van der Waals surface area contributed by atoms with Gasteiger partial charge in [-0.15, -0.1) is 0 Å². The quantitative estimate of drug-likeness (QED) is 0.430. The van der Waals surface area contributed by atoms with Crippen LogP contribution in [0.15, 0.2) is 42.0 Å². The second-order valence-corrected chi connectivity index (χ2v) is 6.49. The Bertz CT molecular complexity index is 1050. The highest BCUT2D eigenvalue weighted by molar-refractivity contribution is 7.80. The minimum absolute atomic E-state index is 0.0526. The van der Waals surface area contributed by atoms with E-state index in [0.717, 1.165) is 0 Å². The summed E-state index contributed by atoms with van der Waals surface area (Å²) in [6.45, 7) is 0. The van der Waals surface area contributed by atoms with Crippen molar-refractivity contribution in [3.63, 3.8) is 0 Å². The molecule has 1 fully saturated rings. The molecule has 2 amide bonds. The molecule has 0 radical (unpaired) electrons. The van der Waals surface area contributed by atoms with Crippen molar-refractivity contribution < 1.29 is 28.5 Å². The molecular weight excluding hydrogens is 408 g/mol. The molecule has 9 heteroatoms. The third kappa shape index (κ3) is 3.92. The molecule has 2 aromatic carbocycles. The van der Waals surface area contributed by atoms with Gasteiger partial charge in [0.2, 0.25) is 0 Å². The van der Waals surface area contributed by atoms with E-state index >= 15 is 0 Å². The van der Waals surface area contributed by atoms with Crippen LogP contribution in [-0.4, -0.2) is 45.4 Å². The molecule has 3 rings (SSSR count). The highest BCUT2D eigenvalue weighted by Gasteiger charge is 2.36. The van der Waals surface area contributed by atoms with Crippen LogP contribution in [0.5, 0.6) is 23.0 Å². The molecule has 30 heavy (non-hydrogen) atoms. The summed E-state index contributed by atoms with van der Waals surface area (Å²) in [6.07, 6.45) is 1.43. The van der Waals surface area contributed by atoms with E-state index in [1.54, 1.807) is 36.4 Å². The number of carbonyl (C=O) groups is 2. The Morgan fingerprint density at radius 2 is 1.50 bits per heavy atom. The smallest absolute Gasteiger partial charge is 0.270 e. The number of ether oxygens (including phenoxy) is 4. The molecule has 0 spiro atoms. The van der Waals surface area contributed by atoms with Crippen molar-refractivity contribution in [3.05, 3.63) is 47.5 Å². The van der Waals surface area contributed by atoms with E-state index in [1.807, 2.05) is 0 Å². The Hall–Kier alpha value is -3.59. The molecule has 0 aliphatic carbocycles. The van der Waals surface area contributed by atoms with Crippen molar-refractivity contribution in [3.8, 4) is 23.0 Å². The van der Waals surface area contributed by atoms with E-state index in [4.69, 9.17) is 31.2 Å². The predicted octanol–water partition coefficient (Wildman–Crippen LogP) is 2.55. The van der Waals surface area contributed by atoms with Gasteiger partial charge in [0, 0.05) is 11.6 Å². The van der Waals surface area contributed by atoms with Crippen LogP contribution in [0.4, 0.5) is 5.69 Å². The molecule has 0 unspecified atom stereocenters. The lowest BCUT2D eigenvalue weighted by Crippen LogP contribution is -2.54. The number of hydrogen-bond donors (Lipinski definition) is 1. The summed E-state index contributed by atoms with van der Waals surface area (Å²) in [6, 6.07) is 9.98. The van der Waals surface area contributed by atoms with Gasteiger partial charge in [0.15, 0.2) is 5.11 Å². The van der Waals surface area contributed by atoms with E-state index in [1.165, 1.54) is 39.4 Å². The van der Waals surface area contributed by atoms with Crippen molar-refractivity contribution in [2.45, 2.75) is 0 Å². The molecule has 0 bridgehead atoms. The number of carbonyl (C=O) groups excluding carboxylic acids is 2. The van der Waals surface area contributed by atoms with E-state index in [2.05, 4.69) is 5.32 Å². The SMILES string of the molecule is COc1ccc(OC)c(/C=C2\C(=O)NC(=S)N(c3ccc(OC)cc3OC)C2=O)c1. The minimum atomic E-state index is -0.612. The van der Waals surface area contributed by atoms with Crippen molar-refractivity contribution in [1.29, 1.82) is 0 Å². The van der Waals surface area contributed by atoms with E-state index < -0.39 is 11.8 Å². The zero-order valence-electron chi connectivity index (χ0n) is 16.8. The third-order valence-electron chi connectivity index (χ3n) is 4.47. The standard InChI is InChI=1S/C21H20N2O6S/c1-26-13-6-8-17(28-3)12(9-13)10-15-19(24)22-21(30)23(20(15)25)16-7-5-14(27-2)11-18(16)29-4/h5-11H,1-4H3,(H,22,24,30)/b15-10+. The number of nitrogens with one attached hydrogen (secondary N) is 1. The predicted molar refractivity (Wildman–Crippen MR) is 115 cm³/mol. The summed E-state index contributed by atoms with van der Waals surface area (Å²) in [5.41, 5.74) is 0.759. The van der Waals surface area contributed by atoms with Gasteiger partial charge in [-0.25, -0.2) is 4.90 Å². The number of amides is 2. The lowest BCUT2D eigenvalue weighted by atomic mass is 10.1. The summed E-state index contributed by atoms with van der Waals surface area (Å²) in [5.74, 6) is 0.725. The number of thiocarbonyl (C=S) groups is 1. The van der Waals surface area contributed by atoms with Crippen LogP contribution >= 0.6 is 12.2 Å². The maximum atomic E-state index is 13.3. The number of hydrogen-bond acceptors (Lipinski definition) is 7.